The number of nitrogens with zero attached hydrogens (tertiary/aromatic N) is 4. The van der Waals surface area contributed by atoms with Gasteiger partial charge in [-0.3, -0.25) is 4.79 Å². The van der Waals surface area contributed by atoms with Crippen LogP contribution in [0.1, 0.15) is 56.8 Å². The van der Waals surface area contributed by atoms with Gasteiger partial charge >= 0.3 is 0 Å². The summed E-state index contributed by atoms with van der Waals surface area (Å²) >= 11 is 6.06. The Labute approximate surface area is 134 Å². The average molecular weight is 322 g/mol. The number of amides is 1. The van der Waals surface area contributed by atoms with E-state index in [4.69, 9.17) is 11.6 Å². The summed E-state index contributed by atoms with van der Waals surface area (Å²) < 4.78 is 1.74. The third kappa shape index (κ3) is 3.44. The SMILES string of the molecule is CC(C)c1ncc(Cl)c(C(=O)Nc2ccnn2C(C)(C)C)n1. The summed E-state index contributed by atoms with van der Waals surface area (Å²) in [6.07, 6.45) is 3.10. The van der Waals surface area contributed by atoms with Crippen LogP contribution in [-0.4, -0.2) is 25.7 Å². The monoisotopic (exact) mass is 321 g/mol. The molecule has 2 aromatic rings. The molecular weight excluding hydrogens is 302 g/mol. The lowest BCUT2D eigenvalue weighted by Gasteiger charge is -2.22. The van der Waals surface area contributed by atoms with Crippen molar-refractivity contribution >= 4 is 23.3 Å². The Kier molecular flexibility index (Phi) is 4.51. The van der Waals surface area contributed by atoms with Crippen LogP contribution in [0, 0.1) is 0 Å². The molecule has 0 aromatic carbocycles. The number of hydrogen-bond acceptors (Lipinski definition) is 4. The standard InChI is InChI=1S/C15H20ClN5O/c1-9(2)13-17-8-10(16)12(20-13)14(22)19-11-6-7-18-21(11)15(3,4)5/h6-9H,1-5H3,(H,19,22). The van der Waals surface area contributed by atoms with E-state index in [0.717, 1.165) is 0 Å². The molecule has 0 saturated carbocycles. The first-order valence-corrected chi connectivity index (χ1v) is 7.46. The second-order valence-electron chi connectivity index (χ2n) is 6.33. The van der Waals surface area contributed by atoms with Gasteiger partial charge in [0.25, 0.3) is 5.91 Å². The summed E-state index contributed by atoms with van der Waals surface area (Å²) in [5.74, 6) is 0.918. The molecule has 0 aliphatic heterocycles. The van der Waals surface area contributed by atoms with Gasteiger partial charge in [0.05, 0.1) is 23.0 Å². The predicted octanol–water partition coefficient (Wildman–Crippen LogP) is 3.46. The van der Waals surface area contributed by atoms with Crippen LogP contribution in [0.3, 0.4) is 0 Å². The molecule has 7 heteroatoms. The molecule has 2 rings (SSSR count). The van der Waals surface area contributed by atoms with Crippen LogP contribution in [0.4, 0.5) is 5.82 Å². The van der Waals surface area contributed by atoms with Gasteiger partial charge in [-0.2, -0.15) is 5.10 Å². The van der Waals surface area contributed by atoms with E-state index in [2.05, 4.69) is 20.4 Å². The van der Waals surface area contributed by atoms with Crippen molar-refractivity contribution in [3.05, 3.63) is 35.0 Å². The van der Waals surface area contributed by atoms with Crippen LogP contribution in [0.5, 0.6) is 0 Å². The van der Waals surface area contributed by atoms with Crippen LogP contribution in [-0.2, 0) is 5.54 Å². The van der Waals surface area contributed by atoms with E-state index in [-0.39, 0.29) is 28.1 Å². The Morgan fingerprint density at radius 1 is 1.36 bits per heavy atom. The summed E-state index contributed by atoms with van der Waals surface area (Å²) in [6.45, 7) is 9.93. The second kappa shape index (κ2) is 6.04. The van der Waals surface area contributed by atoms with Gasteiger partial charge in [-0.15, -0.1) is 0 Å². The highest BCUT2D eigenvalue weighted by molar-refractivity contribution is 6.33. The van der Waals surface area contributed by atoms with Crippen molar-refractivity contribution < 1.29 is 4.79 Å². The number of anilines is 1. The number of halogens is 1. The minimum absolute atomic E-state index is 0.115. The third-order valence-corrected chi connectivity index (χ3v) is 3.29. The largest absolute Gasteiger partial charge is 0.305 e. The van der Waals surface area contributed by atoms with Crippen LogP contribution >= 0.6 is 11.6 Å². The number of carbonyl (C=O) groups is 1. The first-order chi connectivity index (χ1) is 10.2. The number of rotatable bonds is 3. The Hall–Kier alpha value is -1.95. The third-order valence-electron chi connectivity index (χ3n) is 3.01. The maximum absolute atomic E-state index is 12.5. The van der Waals surface area contributed by atoms with Crippen molar-refractivity contribution in [3.8, 4) is 0 Å². The summed E-state index contributed by atoms with van der Waals surface area (Å²) in [7, 11) is 0. The van der Waals surface area contributed by atoms with E-state index in [1.54, 1.807) is 16.9 Å². The highest BCUT2D eigenvalue weighted by Gasteiger charge is 2.21. The number of carbonyl (C=O) groups excluding carboxylic acids is 1. The maximum atomic E-state index is 12.5. The zero-order valence-corrected chi connectivity index (χ0v) is 14.1. The van der Waals surface area contributed by atoms with Crippen molar-refractivity contribution in [1.82, 2.24) is 19.7 Å². The van der Waals surface area contributed by atoms with E-state index >= 15 is 0 Å². The summed E-state index contributed by atoms with van der Waals surface area (Å²) in [5.41, 5.74) is -0.0768. The fourth-order valence-electron chi connectivity index (χ4n) is 1.93. The molecule has 118 valence electrons. The summed E-state index contributed by atoms with van der Waals surface area (Å²) in [5, 5.41) is 7.27. The Morgan fingerprint density at radius 2 is 2.05 bits per heavy atom. The number of aromatic nitrogens is 4. The van der Waals surface area contributed by atoms with Gasteiger partial charge in [0.1, 0.15) is 11.6 Å². The molecule has 2 aromatic heterocycles. The molecule has 22 heavy (non-hydrogen) atoms. The molecule has 0 unspecified atom stereocenters. The molecule has 1 N–H and O–H groups in total. The van der Waals surface area contributed by atoms with Crippen molar-refractivity contribution in [2.24, 2.45) is 0 Å². The van der Waals surface area contributed by atoms with Gasteiger partial charge in [0.2, 0.25) is 0 Å². The van der Waals surface area contributed by atoms with Gasteiger partial charge in [-0.25, -0.2) is 14.6 Å². The summed E-state index contributed by atoms with van der Waals surface area (Å²) in [6, 6.07) is 1.74. The molecule has 0 saturated heterocycles. The van der Waals surface area contributed by atoms with Crippen LogP contribution in [0.15, 0.2) is 18.5 Å². The molecule has 0 spiro atoms. The van der Waals surface area contributed by atoms with Gasteiger partial charge in [-0.05, 0) is 20.8 Å². The molecule has 0 bridgehead atoms. The minimum Gasteiger partial charge on any atom is -0.305 e. The molecule has 0 fully saturated rings. The van der Waals surface area contributed by atoms with E-state index in [0.29, 0.717) is 11.6 Å². The van der Waals surface area contributed by atoms with Crippen molar-refractivity contribution in [2.75, 3.05) is 5.32 Å². The molecule has 6 nitrogen and oxygen atoms in total. The lowest BCUT2D eigenvalue weighted by Crippen LogP contribution is -2.27. The van der Waals surface area contributed by atoms with Gasteiger partial charge < -0.3 is 5.32 Å². The van der Waals surface area contributed by atoms with E-state index in [1.807, 2.05) is 34.6 Å². The second-order valence-corrected chi connectivity index (χ2v) is 6.74. The molecular formula is C15H20ClN5O. The summed E-state index contributed by atoms with van der Waals surface area (Å²) in [4.78, 5) is 20.9. The quantitative estimate of drug-likeness (QED) is 0.939. The molecule has 1 amide bonds. The first-order valence-electron chi connectivity index (χ1n) is 7.08. The van der Waals surface area contributed by atoms with Gasteiger partial charge in [-0.1, -0.05) is 25.4 Å². The number of nitrogens with one attached hydrogen (secondary N) is 1. The molecule has 0 atom stereocenters. The molecule has 0 aliphatic carbocycles. The molecule has 2 heterocycles. The van der Waals surface area contributed by atoms with Crippen molar-refractivity contribution in [1.29, 1.82) is 0 Å². The normalized spacial score (nSPS) is 11.8. The van der Waals surface area contributed by atoms with Crippen LogP contribution in [0.2, 0.25) is 5.02 Å². The van der Waals surface area contributed by atoms with Gasteiger partial charge in [0, 0.05) is 12.0 Å². The lowest BCUT2D eigenvalue weighted by molar-refractivity contribution is 0.102. The smallest absolute Gasteiger partial charge is 0.277 e. The zero-order valence-electron chi connectivity index (χ0n) is 13.4. The van der Waals surface area contributed by atoms with Crippen LogP contribution in [0.25, 0.3) is 0 Å². The van der Waals surface area contributed by atoms with E-state index in [9.17, 15) is 4.79 Å². The van der Waals surface area contributed by atoms with Crippen molar-refractivity contribution in [2.45, 2.75) is 46.1 Å². The Bertz CT molecular complexity index is 687. The Morgan fingerprint density at radius 3 is 2.64 bits per heavy atom. The molecule has 0 aliphatic rings. The average Bonchev–Trinajstić information content (AvgIpc) is 2.86. The van der Waals surface area contributed by atoms with E-state index in [1.165, 1.54) is 6.20 Å². The highest BCUT2D eigenvalue weighted by Crippen LogP contribution is 2.21. The van der Waals surface area contributed by atoms with Crippen molar-refractivity contribution in [3.63, 3.8) is 0 Å². The fourth-order valence-corrected chi connectivity index (χ4v) is 2.10. The maximum Gasteiger partial charge on any atom is 0.277 e. The zero-order chi connectivity index (χ0) is 16.5. The van der Waals surface area contributed by atoms with Gasteiger partial charge in [0.15, 0.2) is 5.69 Å². The Balaban J connectivity index is 2.31. The highest BCUT2D eigenvalue weighted by atomic mass is 35.5. The minimum atomic E-state index is -0.375. The first kappa shape index (κ1) is 16.4. The lowest BCUT2D eigenvalue weighted by atomic mass is 10.1. The van der Waals surface area contributed by atoms with E-state index < -0.39 is 0 Å². The molecule has 0 radical (unpaired) electrons. The topological polar surface area (TPSA) is 72.7 Å². The fraction of sp³-hybridized carbons (Fsp3) is 0.467. The predicted molar refractivity (Wildman–Crippen MR) is 86.3 cm³/mol. The number of hydrogen-bond donors (Lipinski definition) is 1. The van der Waals surface area contributed by atoms with Crippen LogP contribution < -0.4 is 5.32 Å².